The molecule has 2 aromatic rings. The molecule has 0 heterocycles. The van der Waals surface area contributed by atoms with Crippen LogP contribution in [0.4, 0.5) is 10.1 Å². The lowest BCUT2D eigenvalue weighted by molar-refractivity contribution is 0.609. The van der Waals surface area contributed by atoms with Gasteiger partial charge in [-0.05, 0) is 49.6 Å². The number of anilines is 1. The first kappa shape index (κ1) is 15.5. The van der Waals surface area contributed by atoms with Gasteiger partial charge in [0.2, 0.25) is 0 Å². The van der Waals surface area contributed by atoms with E-state index >= 15 is 0 Å². The summed E-state index contributed by atoms with van der Waals surface area (Å²) in [6, 6.07) is 13.6. The second-order valence-corrected chi connectivity index (χ2v) is 5.33. The second-order valence-electron chi connectivity index (χ2n) is 5.33. The Morgan fingerprint density at radius 3 is 2.38 bits per heavy atom. The van der Waals surface area contributed by atoms with Crippen molar-refractivity contribution in [1.29, 1.82) is 0 Å². The molecular weight excluding hydrogens is 263 g/mol. The molecule has 0 saturated carbocycles. The summed E-state index contributed by atoms with van der Waals surface area (Å²) in [6.07, 6.45) is 0. The first-order chi connectivity index (χ1) is 10.1. The molecule has 0 radical (unpaired) electrons. The van der Waals surface area contributed by atoms with Gasteiger partial charge in [-0.15, -0.1) is 0 Å². The summed E-state index contributed by atoms with van der Waals surface area (Å²) in [6.45, 7) is 7.35. The fourth-order valence-electron chi connectivity index (χ4n) is 2.76. The molecule has 2 nitrogen and oxygen atoms in total. The zero-order valence-corrected chi connectivity index (χ0v) is 12.9. The zero-order valence-electron chi connectivity index (χ0n) is 12.9. The molecule has 0 amide bonds. The monoisotopic (exact) mass is 286 g/mol. The Morgan fingerprint density at radius 2 is 1.81 bits per heavy atom. The van der Waals surface area contributed by atoms with Crippen LogP contribution in [-0.2, 0) is 0 Å². The molecule has 0 spiro atoms. The van der Waals surface area contributed by atoms with Crippen molar-refractivity contribution >= 4 is 5.69 Å². The van der Waals surface area contributed by atoms with E-state index in [1.165, 1.54) is 17.3 Å². The Hall–Kier alpha value is -1.87. The third kappa shape index (κ3) is 3.24. The highest BCUT2D eigenvalue weighted by molar-refractivity contribution is 5.55. The van der Waals surface area contributed by atoms with Crippen molar-refractivity contribution in [2.75, 3.05) is 18.0 Å². The van der Waals surface area contributed by atoms with E-state index in [2.05, 4.69) is 30.9 Å². The molecule has 2 rings (SSSR count). The van der Waals surface area contributed by atoms with Crippen LogP contribution in [0.5, 0.6) is 0 Å². The van der Waals surface area contributed by atoms with Gasteiger partial charge < -0.3 is 10.6 Å². The molecule has 0 aromatic heterocycles. The van der Waals surface area contributed by atoms with Crippen molar-refractivity contribution in [3.8, 4) is 0 Å². The number of nitrogens with two attached hydrogens (primary N) is 1. The summed E-state index contributed by atoms with van der Waals surface area (Å²) in [5, 5.41) is 0. The molecule has 0 aliphatic heterocycles. The van der Waals surface area contributed by atoms with E-state index in [9.17, 15) is 4.39 Å². The largest absolute Gasteiger partial charge is 0.363 e. The van der Waals surface area contributed by atoms with E-state index in [1.807, 2.05) is 24.3 Å². The van der Waals surface area contributed by atoms with Gasteiger partial charge in [-0.3, -0.25) is 0 Å². The van der Waals surface area contributed by atoms with Crippen LogP contribution < -0.4 is 10.6 Å². The third-order valence-electron chi connectivity index (χ3n) is 3.93. The fraction of sp³-hybridized carbons (Fsp3) is 0.333. The average Bonchev–Trinajstić information content (AvgIpc) is 2.49. The van der Waals surface area contributed by atoms with E-state index in [-0.39, 0.29) is 11.9 Å². The van der Waals surface area contributed by atoms with Crippen molar-refractivity contribution in [3.63, 3.8) is 0 Å². The highest BCUT2D eigenvalue weighted by Gasteiger charge is 2.20. The van der Waals surface area contributed by atoms with Gasteiger partial charge in [-0.2, -0.15) is 0 Å². The number of halogens is 1. The van der Waals surface area contributed by atoms with Crippen molar-refractivity contribution in [1.82, 2.24) is 0 Å². The molecule has 1 unspecified atom stereocenters. The van der Waals surface area contributed by atoms with Crippen LogP contribution in [0.3, 0.4) is 0 Å². The highest BCUT2D eigenvalue weighted by atomic mass is 19.1. The zero-order chi connectivity index (χ0) is 15.4. The third-order valence-corrected chi connectivity index (χ3v) is 3.93. The van der Waals surface area contributed by atoms with Crippen molar-refractivity contribution in [2.45, 2.75) is 26.8 Å². The summed E-state index contributed by atoms with van der Waals surface area (Å²) in [4.78, 5) is 2.28. The summed E-state index contributed by atoms with van der Waals surface area (Å²) < 4.78 is 13.5. The lowest BCUT2D eigenvalue weighted by atomic mass is 10.0. The fourth-order valence-corrected chi connectivity index (χ4v) is 2.76. The highest BCUT2D eigenvalue weighted by Crippen LogP contribution is 2.29. The number of likely N-dealkylation sites (N-methyl/N-ethyl adjacent to an activating group) is 1. The van der Waals surface area contributed by atoms with Crippen LogP contribution in [0.1, 0.15) is 29.7 Å². The van der Waals surface area contributed by atoms with Crippen LogP contribution in [0.15, 0.2) is 42.5 Å². The summed E-state index contributed by atoms with van der Waals surface area (Å²) in [5.74, 6) is -0.173. The van der Waals surface area contributed by atoms with E-state index in [4.69, 9.17) is 5.73 Å². The number of hydrogen-bond donors (Lipinski definition) is 1. The van der Waals surface area contributed by atoms with Gasteiger partial charge in [0.25, 0.3) is 0 Å². The number of hydrogen-bond acceptors (Lipinski definition) is 2. The summed E-state index contributed by atoms with van der Waals surface area (Å²) >= 11 is 0. The minimum Gasteiger partial charge on any atom is -0.363 e. The van der Waals surface area contributed by atoms with Crippen LogP contribution in [0.25, 0.3) is 0 Å². The van der Waals surface area contributed by atoms with Crippen molar-refractivity contribution < 1.29 is 4.39 Å². The lowest BCUT2D eigenvalue weighted by Crippen LogP contribution is -2.34. The standard InChI is InChI=1S/C18H23FN2/c1-4-21(17-8-6-5-7-13(17)2)18(12-20)15-9-10-16(19)14(3)11-15/h5-11,18H,4,12,20H2,1-3H3. The van der Waals surface area contributed by atoms with Gasteiger partial charge in [0.05, 0.1) is 6.04 Å². The Balaban J connectivity index is 2.42. The van der Waals surface area contributed by atoms with Crippen molar-refractivity contribution in [2.24, 2.45) is 5.73 Å². The lowest BCUT2D eigenvalue weighted by Gasteiger charge is -2.33. The first-order valence-electron chi connectivity index (χ1n) is 7.36. The van der Waals surface area contributed by atoms with Gasteiger partial charge in [0.15, 0.2) is 0 Å². The normalized spacial score (nSPS) is 12.2. The van der Waals surface area contributed by atoms with E-state index in [1.54, 1.807) is 6.92 Å². The Bertz CT molecular complexity index is 610. The quantitative estimate of drug-likeness (QED) is 0.901. The summed E-state index contributed by atoms with van der Waals surface area (Å²) in [5.41, 5.74) is 10.1. The number of rotatable bonds is 5. The van der Waals surface area contributed by atoms with Gasteiger partial charge in [0.1, 0.15) is 5.82 Å². The molecule has 1 atom stereocenters. The van der Waals surface area contributed by atoms with Crippen LogP contribution in [0, 0.1) is 19.7 Å². The average molecular weight is 286 g/mol. The summed E-state index contributed by atoms with van der Waals surface area (Å²) in [7, 11) is 0. The minimum absolute atomic E-state index is 0.0513. The predicted octanol–water partition coefficient (Wildman–Crippen LogP) is 3.97. The molecule has 3 heteroatoms. The SMILES string of the molecule is CCN(c1ccccc1C)C(CN)c1ccc(F)c(C)c1. The topological polar surface area (TPSA) is 29.3 Å². The van der Waals surface area contributed by atoms with Crippen LogP contribution >= 0.6 is 0 Å². The molecule has 0 bridgehead atoms. The maximum Gasteiger partial charge on any atom is 0.126 e. The Labute approximate surface area is 126 Å². The Morgan fingerprint density at radius 1 is 1.10 bits per heavy atom. The van der Waals surface area contributed by atoms with Crippen LogP contribution in [0.2, 0.25) is 0 Å². The first-order valence-corrected chi connectivity index (χ1v) is 7.36. The smallest absolute Gasteiger partial charge is 0.126 e. The minimum atomic E-state index is -0.173. The number of benzene rings is 2. The van der Waals surface area contributed by atoms with Gasteiger partial charge in [-0.1, -0.05) is 30.3 Å². The van der Waals surface area contributed by atoms with Crippen molar-refractivity contribution in [3.05, 3.63) is 65.0 Å². The molecule has 0 saturated heterocycles. The van der Waals surface area contributed by atoms with Gasteiger partial charge in [-0.25, -0.2) is 4.39 Å². The number of para-hydroxylation sites is 1. The van der Waals surface area contributed by atoms with E-state index in [0.717, 1.165) is 12.1 Å². The molecule has 112 valence electrons. The number of aryl methyl sites for hydroxylation is 2. The molecular formula is C18H23FN2. The molecule has 0 aliphatic rings. The predicted molar refractivity (Wildman–Crippen MR) is 87.1 cm³/mol. The van der Waals surface area contributed by atoms with Crippen LogP contribution in [-0.4, -0.2) is 13.1 Å². The van der Waals surface area contributed by atoms with E-state index in [0.29, 0.717) is 12.1 Å². The molecule has 0 aliphatic carbocycles. The molecule has 2 aromatic carbocycles. The maximum atomic E-state index is 13.5. The van der Waals surface area contributed by atoms with Gasteiger partial charge in [0, 0.05) is 18.8 Å². The molecule has 0 fully saturated rings. The number of nitrogens with zero attached hydrogens (tertiary/aromatic N) is 1. The molecule has 2 N–H and O–H groups in total. The van der Waals surface area contributed by atoms with E-state index < -0.39 is 0 Å². The molecule has 21 heavy (non-hydrogen) atoms. The Kier molecular flexibility index (Phi) is 4.97. The second kappa shape index (κ2) is 6.72. The maximum absolute atomic E-state index is 13.5. The van der Waals surface area contributed by atoms with Gasteiger partial charge >= 0.3 is 0 Å².